The van der Waals surface area contributed by atoms with Crippen molar-refractivity contribution in [3.05, 3.63) is 87.4 Å². The first-order valence-corrected chi connectivity index (χ1v) is 14.2. The highest BCUT2D eigenvalue weighted by Crippen LogP contribution is 2.26. The largest absolute Gasteiger partial charge is 0.492 e. The third-order valence-electron chi connectivity index (χ3n) is 6.31. The Morgan fingerprint density at radius 2 is 1.57 bits per heavy atom. The van der Waals surface area contributed by atoms with E-state index in [4.69, 9.17) is 27.9 Å². The number of carbonyl (C=O) groups excluding carboxylic acids is 1. The fourth-order valence-electron chi connectivity index (χ4n) is 4.23. The molecule has 0 atom stereocenters. The lowest BCUT2D eigenvalue weighted by atomic mass is 10.1. The number of nitrogens with zero attached hydrogens (tertiary/aromatic N) is 2. The molecule has 0 unspecified atom stereocenters. The minimum atomic E-state index is -4.07. The molecule has 37 heavy (non-hydrogen) atoms. The lowest BCUT2D eigenvalue weighted by Gasteiger charge is -2.36. The zero-order chi connectivity index (χ0) is 26.6. The van der Waals surface area contributed by atoms with Crippen LogP contribution in [0, 0.1) is 13.8 Å². The van der Waals surface area contributed by atoms with E-state index in [1.807, 2.05) is 38.1 Å². The number of sulfonamides is 1. The molecule has 1 heterocycles. The Hall–Kier alpha value is -2.78. The van der Waals surface area contributed by atoms with Crippen molar-refractivity contribution in [2.45, 2.75) is 18.7 Å². The van der Waals surface area contributed by atoms with Crippen molar-refractivity contribution in [2.75, 3.05) is 44.2 Å². The Morgan fingerprint density at radius 3 is 2.19 bits per heavy atom. The Bertz CT molecular complexity index is 1350. The average molecular weight is 563 g/mol. The number of aryl methyl sites for hydroxylation is 2. The predicted octanol–water partition coefficient (Wildman–Crippen LogP) is 4.93. The first-order chi connectivity index (χ1) is 17.6. The summed E-state index contributed by atoms with van der Waals surface area (Å²) in [6.07, 6.45) is 0. The fourth-order valence-corrected chi connectivity index (χ4v) is 5.84. The molecule has 0 aromatic heterocycles. The van der Waals surface area contributed by atoms with Gasteiger partial charge in [0.05, 0.1) is 5.02 Å². The van der Waals surface area contributed by atoms with Crippen molar-refractivity contribution in [3.63, 3.8) is 0 Å². The van der Waals surface area contributed by atoms with Crippen LogP contribution in [-0.2, 0) is 10.0 Å². The molecule has 1 fully saturated rings. The van der Waals surface area contributed by atoms with Crippen LogP contribution in [0.25, 0.3) is 0 Å². The highest BCUT2D eigenvalue weighted by atomic mass is 35.5. The molecule has 0 saturated carbocycles. The quantitative estimate of drug-likeness (QED) is 0.420. The van der Waals surface area contributed by atoms with Gasteiger partial charge in [0.2, 0.25) is 0 Å². The molecule has 0 aliphatic carbocycles. The summed E-state index contributed by atoms with van der Waals surface area (Å²) in [5, 5.41) is 0.832. The Morgan fingerprint density at radius 1 is 0.946 bits per heavy atom. The second-order valence-electron chi connectivity index (χ2n) is 8.96. The summed E-state index contributed by atoms with van der Waals surface area (Å²) in [5.74, 6) is 0.129. The molecular formula is C27H29Cl2N3O4S. The number of carbonyl (C=O) groups is 1. The minimum Gasteiger partial charge on any atom is -0.492 e. The zero-order valence-corrected chi connectivity index (χ0v) is 23.0. The van der Waals surface area contributed by atoms with Gasteiger partial charge < -0.3 is 9.64 Å². The fraction of sp³-hybridized carbons (Fsp3) is 0.296. The maximum atomic E-state index is 12.6. The molecule has 7 nitrogen and oxygen atoms in total. The lowest BCUT2D eigenvalue weighted by Crippen LogP contribution is -2.47. The molecule has 0 spiro atoms. The van der Waals surface area contributed by atoms with E-state index in [1.54, 1.807) is 24.3 Å². The Kier molecular flexibility index (Phi) is 8.64. The molecule has 1 aliphatic heterocycles. The van der Waals surface area contributed by atoms with Crippen molar-refractivity contribution in [3.8, 4) is 5.75 Å². The lowest BCUT2D eigenvalue weighted by molar-refractivity contribution is 0.0981. The number of nitrogens with one attached hydrogen (secondary N) is 1. The molecule has 3 aromatic rings. The van der Waals surface area contributed by atoms with Gasteiger partial charge in [0.1, 0.15) is 17.3 Å². The molecule has 4 rings (SSSR count). The van der Waals surface area contributed by atoms with Crippen LogP contribution in [0.15, 0.2) is 65.6 Å². The number of rotatable bonds is 8. The number of anilines is 1. The summed E-state index contributed by atoms with van der Waals surface area (Å²) >= 11 is 12.2. The summed E-state index contributed by atoms with van der Waals surface area (Å²) < 4.78 is 33.1. The van der Waals surface area contributed by atoms with Crippen LogP contribution in [0.1, 0.15) is 21.5 Å². The SMILES string of the molecule is Cc1cc(OCCN2CCN(c3ccc(C(=O)NS(=O)(=O)c4ccccc4Cl)cc3)CC2)cc(C)c1Cl. The van der Waals surface area contributed by atoms with Crippen LogP contribution in [0.3, 0.4) is 0 Å². The second-order valence-corrected chi connectivity index (χ2v) is 11.4. The maximum Gasteiger partial charge on any atom is 0.265 e. The van der Waals surface area contributed by atoms with Crippen molar-refractivity contribution in [1.82, 2.24) is 9.62 Å². The van der Waals surface area contributed by atoms with Crippen LogP contribution in [0.5, 0.6) is 5.75 Å². The first-order valence-electron chi connectivity index (χ1n) is 11.9. The van der Waals surface area contributed by atoms with Gasteiger partial charge in [-0.25, -0.2) is 13.1 Å². The van der Waals surface area contributed by atoms with Gasteiger partial charge >= 0.3 is 0 Å². The molecule has 1 amide bonds. The first kappa shape index (κ1) is 27.3. The summed E-state index contributed by atoms with van der Waals surface area (Å²) in [6.45, 7) is 8.83. The monoisotopic (exact) mass is 561 g/mol. The van der Waals surface area contributed by atoms with E-state index >= 15 is 0 Å². The minimum absolute atomic E-state index is 0.0547. The number of hydrogen-bond acceptors (Lipinski definition) is 6. The molecule has 1 aliphatic rings. The smallest absolute Gasteiger partial charge is 0.265 e. The number of hydrogen-bond donors (Lipinski definition) is 1. The van der Waals surface area contributed by atoms with E-state index in [9.17, 15) is 13.2 Å². The average Bonchev–Trinajstić information content (AvgIpc) is 2.87. The predicted molar refractivity (Wildman–Crippen MR) is 148 cm³/mol. The topological polar surface area (TPSA) is 79.0 Å². The van der Waals surface area contributed by atoms with Crippen molar-refractivity contribution < 1.29 is 17.9 Å². The number of halogens is 2. The van der Waals surface area contributed by atoms with Gasteiger partial charge in [0.15, 0.2) is 0 Å². The van der Waals surface area contributed by atoms with Gasteiger partial charge in [0, 0.05) is 49.0 Å². The molecule has 10 heteroatoms. The molecule has 0 bridgehead atoms. The molecule has 1 saturated heterocycles. The van der Waals surface area contributed by atoms with Crippen LogP contribution in [0.2, 0.25) is 10.0 Å². The van der Waals surface area contributed by atoms with Gasteiger partial charge in [-0.05, 0) is 73.5 Å². The van der Waals surface area contributed by atoms with Crippen LogP contribution in [-0.4, -0.2) is 58.6 Å². The van der Waals surface area contributed by atoms with E-state index in [0.29, 0.717) is 6.61 Å². The third kappa shape index (κ3) is 6.76. The number of amides is 1. The molecular weight excluding hydrogens is 533 g/mol. The van der Waals surface area contributed by atoms with Gasteiger partial charge in [-0.1, -0.05) is 35.3 Å². The van der Waals surface area contributed by atoms with Gasteiger partial charge in [-0.3, -0.25) is 9.69 Å². The normalized spacial score (nSPS) is 14.4. The summed E-state index contributed by atoms with van der Waals surface area (Å²) in [5.41, 5.74) is 3.25. The number of piperazine rings is 1. The van der Waals surface area contributed by atoms with E-state index in [1.165, 1.54) is 12.1 Å². The third-order valence-corrected chi connectivity index (χ3v) is 8.73. The van der Waals surface area contributed by atoms with E-state index in [-0.39, 0.29) is 15.5 Å². The highest BCUT2D eigenvalue weighted by molar-refractivity contribution is 7.90. The summed E-state index contributed by atoms with van der Waals surface area (Å²) in [7, 11) is -4.07. The number of benzene rings is 3. The molecule has 196 valence electrons. The van der Waals surface area contributed by atoms with Crippen LogP contribution < -0.4 is 14.4 Å². The standard InChI is InChI=1S/C27H29Cl2N3O4S/c1-19-17-23(18-20(2)26(19)29)36-16-15-31-11-13-32(14-12-31)22-9-7-21(8-10-22)27(33)30-37(34,35)25-6-4-3-5-24(25)28/h3-10,17-18H,11-16H2,1-2H3,(H,30,33). The molecule has 0 radical (unpaired) electrons. The van der Waals surface area contributed by atoms with Crippen molar-refractivity contribution >= 4 is 44.8 Å². The van der Waals surface area contributed by atoms with Crippen molar-refractivity contribution in [2.24, 2.45) is 0 Å². The Labute approximate surface area is 228 Å². The van der Waals surface area contributed by atoms with Crippen molar-refractivity contribution in [1.29, 1.82) is 0 Å². The summed E-state index contributed by atoms with van der Waals surface area (Å²) in [6, 6.07) is 16.8. The molecule has 3 aromatic carbocycles. The number of ether oxygens (including phenoxy) is 1. The van der Waals surface area contributed by atoms with Gasteiger partial charge in [0.25, 0.3) is 15.9 Å². The van der Waals surface area contributed by atoms with Gasteiger partial charge in [-0.15, -0.1) is 0 Å². The van der Waals surface area contributed by atoms with Crippen LogP contribution in [0.4, 0.5) is 5.69 Å². The molecule has 1 N–H and O–H groups in total. The van der Waals surface area contributed by atoms with E-state index < -0.39 is 15.9 Å². The Balaban J connectivity index is 1.26. The van der Waals surface area contributed by atoms with E-state index in [2.05, 4.69) is 14.5 Å². The highest BCUT2D eigenvalue weighted by Gasteiger charge is 2.22. The maximum absolute atomic E-state index is 12.6. The summed E-state index contributed by atoms with van der Waals surface area (Å²) in [4.78, 5) is 17.0. The zero-order valence-electron chi connectivity index (χ0n) is 20.7. The van der Waals surface area contributed by atoms with Gasteiger partial charge in [-0.2, -0.15) is 0 Å². The van der Waals surface area contributed by atoms with E-state index in [0.717, 1.165) is 60.3 Å². The second kappa shape index (κ2) is 11.7. The van der Waals surface area contributed by atoms with Crippen LogP contribution >= 0.6 is 23.2 Å².